The monoisotopic (exact) mass is 491 g/mol. The van der Waals surface area contributed by atoms with Crippen LogP contribution in [0.1, 0.15) is 31.3 Å². The summed E-state index contributed by atoms with van der Waals surface area (Å²) in [6.07, 6.45) is 8.52. The van der Waals surface area contributed by atoms with E-state index >= 15 is 0 Å². The number of carbonyl (C=O) groups excluding carboxylic acids is 2. The molecule has 10 heteroatoms. The molecule has 0 aliphatic carbocycles. The van der Waals surface area contributed by atoms with Gasteiger partial charge in [-0.3, -0.25) is 14.7 Å². The molecule has 0 radical (unpaired) electrons. The number of hydrogen-bond acceptors (Lipinski definition) is 7. The van der Waals surface area contributed by atoms with Crippen molar-refractivity contribution in [3.63, 3.8) is 0 Å². The van der Waals surface area contributed by atoms with Gasteiger partial charge in [0.15, 0.2) is 3.92 Å². The Balaban J connectivity index is 1.75. The van der Waals surface area contributed by atoms with Crippen LogP contribution in [0, 0.1) is 12.3 Å². The fourth-order valence-electron chi connectivity index (χ4n) is 2.99. The maximum Gasteiger partial charge on any atom is 0.411 e. The third-order valence-electron chi connectivity index (χ3n) is 4.30. The number of thiazole rings is 1. The van der Waals surface area contributed by atoms with Crippen molar-refractivity contribution >= 4 is 50.6 Å². The molecule has 0 saturated carbocycles. The lowest BCUT2D eigenvalue weighted by molar-refractivity contribution is 0.0191. The molecule has 1 saturated heterocycles. The van der Waals surface area contributed by atoms with E-state index in [0.29, 0.717) is 34.9 Å². The Morgan fingerprint density at radius 2 is 2.17 bits per heavy atom. The van der Waals surface area contributed by atoms with Gasteiger partial charge in [-0.05, 0) is 42.8 Å². The second-order valence-corrected chi connectivity index (χ2v) is 9.77. The first-order chi connectivity index (χ1) is 14.2. The molecule has 1 fully saturated rings. The first kappa shape index (κ1) is 22.1. The molecule has 1 aliphatic heterocycles. The molecule has 3 heterocycles. The summed E-state index contributed by atoms with van der Waals surface area (Å²) in [5.41, 5.74) is 1.04. The van der Waals surface area contributed by atoms with E-state index in [-0.39, 0.29) is 5.91 Å². The maximum absolute atomic E-state index is 12.5. The van der Waals surface area contributed by atoms with Crippen LogP contribution >= 0.6 is 27.3 Å². The average molecular weight is 492 g/mol. The molecule has 158 valence electrons. The summed E-state index contributed by atoms with van der Waals surface area (Å²) in [6, 6.07) is 1.35. The lowest BCUT2D eigenvalue weighted by Crippen LogP contribution is -2.55. The minimum absolute atomic E-state index is 0.318. The third kappa shape index (κ3) is 5.29. The zero-order valence-corrected chi connectivity index (χ0v) is 19.3. The second kappa shape index (κ2) is 9.02. The van der Waals surface area contributed by atoms with Gasteiger partial charge < -0.3 is 15.0 Å². The minimum Gasteiger partial charge on any atom is -0.444 e. The van der Waals surface area contributed by atoms with Gasteiger partial charge >= 0.3 is 6.09 Å². The van der Waals surface area contributed by atoms with E-state index < -0.39 is 17.7 Å². The number of pyridine rings is 1. The Morgan fingerprint density at radius 3 is 2.80 bits per heavy atom. The Hall–Kier alpha value is -2.64. The van der Waals surface area contributed by atoms with Gasteiger partial charge in [-0.25, -0.2) is 9.78 Å². The van der Waals surface area contributed by atoms with Crippen LogP contribution < -0.4 is 10.2 Å². The standard InChI is InChI=1S/C20H22BrN5O3S/c1-5-13-11-25(8-9-26(13)19(28)29-20(2,3)4)16-6-7-22-10-14(16)23-17(27)15-12-30-18(21)24-15/h1,6-7,10,12-13H,8-9,11H2,2-4H3,(H,23,27)/t13-/m0/s1. The summed E-state index contributed by atoms with van der Waals surface area (Å²) in [5, 5.41) is 4.53. The summed E-state index contributed by atoms with van der Waals surface area (Å²) >= 11 is 4.59. The van der Waals surface area contributed by atoms with Gasteiger partial charge in [0.05, 0.1) is 24.1 Å². The molecule has 1 atom stereocenters. The molecule has 3 rings (SSSR count). The van der Waals surface area contributed by atoms with Crippen LogP contribution in [0.4, 0.5) is 16.2 Å². The first-order valence-corrected chi connectivity index (χ1v) is 10.9. The van der Waals surface area contributed by atoms with Crippen molar-refractivity contribution in [1.29, 1.82) is 0 Å². The normalized spacial score (nSPS) is 16.7. The van der Waals surface area contributed by atoms with E-state index in [4.69, 9.17) is 11.2 Å². The molecule has 1 aliphatic rings. The Kier molecular flexibility index (Phi) is 6.63. The highest BCUT2D eigenvalue weighted by Gasteiger charge is 2.33. The highest BCUT2D eigenvalue weighted by molar-refractivity contribution is 9.11. The molecule has 0 spiro atoms. The number of nitrogens with zero attached hydrogens (tertiary/aromatic N) is 4. The number of nitrogens with one attached hydrogen (secondary N) is 1. The van der Waals surface area contributed by atoms with Gasteiger partial charge in [0.25, 0.3) is 5.91 Å². The van der Waals surface area contributed by atoms with Crippen molar-refractivity contribution in [1.82, 2.24) is 14.9 Å². The van der Waals surface area contributed by atoms with Gasteiger partial charge in [0, 0.05) is 24.7 Å². The number of carbonyl (C=O) groups is 2. The van der Waals surface area contributed by atoms with Gasteiger partial charge in [-0.2, -0.15) is 0 Å². The number of rotatable bonds is 3. The van der Waals surface area contributed by atoms with Crippen LogP contribution in [-0.4, -0.2) is 58.1 Å². The van der Waals surface area contributed by atoms with Crippen molar-refractivity contribution in [2.75, 3.05) is 29.9 Å². The van der Waals surface area contributed by atoms with E-state index in [1.165, 1.54) is 11.3 Å². The van der Waals surface area contributed by atoms with Crippen molar-refractivity contribution in [3.8, 4) is 12.3 Å². The number of amides is 2. The number of piperazine rings is 1. The van der Waals surface area contributed by atoms with E-state index in [9.17, 15) is 9.59 Å². The quantitative estimate of drug-likeness (QED) is 0.659. The number of aromatic nitrogens is 2. The molecule has 30 heavy (non-hydrogen) atoms. The number of hydrogen-bond donors (Lipinski definition) is 1. The maximum atomic E-state index is 12.5. The summed E-state index contributed by atoms with van der Waals surface area (Å²) < 4.78 is 6.11. The van der Waals surface area contributed by atoms with Crippen LogP contribution in [0.2, 0.25) is 0 Å². The Morgan fingerprint density at radius 1 is 1.40 bits per heavy atom. The van der Waals surface area contributed by atoms with E-state index in [2.05, 4.69) is 37.1 Å². The van der Waals surface area contributed by atoms with Gasteiger partial charge in [-0.15, -0.1) is 17.8 Å². The van der Waals surface area contributed by atoms with Crippen molar-refractivity contribution in [2.24, 2.45) is 0 Å². The van der Waals surface area contributed by atoms with Gasteiger partial charge in [-0.1, -0.05) is 5.92 Å². The van der Waals surface area contributed by atoms with Gasteiger partial charge in [0.1, 0.15) is 17.3 Å². The van der Waals surface area contributed by atoms with E-state index in [0.717, 1.165) is 5.69 Å². The topological polar surface area (TPSA) is 87.7 Å². The minimum atomic E-state index is -0.597. The number of ether oxygens (including phenoxy) is 1. The second-order valence-electron chi connectivity index (χ2n) is 7.63. The van der Waals surface area contributed by atoms with Crippen molar-refractivity contribution < 1.29 is 14.3 Å². The average Bonchev–Trinajstić information content (AvgIpc) is 3.13. The predicted molar refractivity (Wildman–Crippen MR) is 120 cm³/mol. The number of anilines is 2. The fourth-order valence-corrected chi connectivity index (χ4v) is 3.98. The smallest absolute Gasteiger partial charge is 0.411 e. The molecule has 0 aromatic carbocycles. The van der Waals surface area contributed by atoms with Crippen LogP contribution in [0.15, 0.2) is 27.8 Å². The summed E-state index contributed by atoms with van der Waals surface area (Å²) in [6.45, 7) is 6.80. The number of halogens is 1. The highest BCUT2D eigenvalue weighted by Crippen LogP contribution is 2.28. The molecule has 2 amide bonds. The molecule has 8 nitrogen and oxygen atoms in total. The zero-order valence-electron chi connectivity index (χ0n) is 16.9. The number of terminal acetylenes is 1. The predicted octanol–water partition coefficient (Wildman–Crippen LogP) is 3.61. The van der Waals surface area contributed by atoms with E-state index in [1.54, 1.807) is 22.7 Å². The molecular weight excluding hydrogens is 470 g/mol. The van der Waals surface area contributed by atoms with Crippen LogP contribution in [0.25, 0.3) is 0 Å². The van der Waals surface area contributed by atoms with E-state index in [1.807, 2.05) is 31.7 Å². The fraction of sp³-hybridized carbons (Fsp3) is 0.400. The Bertz CT molecular complexity index is 981. The molecule has 2 aromatic rings. The lowest BCUT2D eigenvalue weighted by atomic mass is 10.1. The molecule has 0 unspecified atom stereocenters. The highest BCUT2D eigenvalue weighted by atomic mass is 79.9. The third-order valence-corrected chi connectivity index (χ3v) is 5.66. The summed E-state index contributed by atoms with van der Waals surface area (Å²) in [5.74, 6) is 2.35. The van der Waals surface area contributed by atoms with Crippen LogP contribution in [0.3, 0.4) is 0 Å². The van der Waals surface area contributed by atoms with Crippen LogP contribution in [0.5, 0.6) is 0 Å². The largest absolute Gasteiger partial charge is 0.444 e. The van der Waals surface area contributed by atoms with Crippen LogP contribution in [-0.2, 0) is 4.74 Å². The summed E-state index contributed by atoms with van der Waals surface area (Å²) in [4.78, 5) is 36.9. The first-order valence-electron chi connectivity index (χ1n) is 9.25. The molecule has 1 N–H and O–H groups in total. The van der Waals surface area contributed by atoms with Crippen molar-refractivity contribution in [3.05, 3.63) is 33.5 Å². The van der Waals surface area contributed by atoms with Crippen molar-refractivity contribution in [2.45, 2.75) is 32.4 Å². The lowest BCUT2D eigenvalue weighted by Gasteiger charge is -2.40. The molecule has 0 bridgehead atoms. The zero-order chi connectivity index (χ0) is 21.9. The Labute approximate surface area is 187 Å². The molecular formula is C20H22BrN5O3S. The molecule has 2 aromatic heterocycles. The summed E-state index contributed by atoms with van der Waals surface area (Å²) in [7, 11) is 0. The SMILES string of the molecule is C#C[C@H]1CN(c2ccncc2NC(=O)c2csc(Br)n2)CCN1C(=O)OC(C)(C)C. The van der Waals surface area contributed by atoms with Gasteiger partial charge in [0.2, 0.25) is 0 Å².